The number of aliphatic carboxylic acids is 1. The van der Waals surface area contributed by atoms with Crippen molar-refractivity contribution in [2.45, 2.75) is 40.0 Å². The molecule has 0 amide bonds. The molecule has 4 nitrogen and oxygen atoms in total. The van der Waals surface area contributed by atoms with Crippen molar-refractivity contribution in [1.29, 1.82) is 0 Å². The first-order valence-electron chi connectivity index (χ1n) is 6.75. The van der Waals surface area contributed by atoms with Gasteiger partial charge in [0.2, 0.25) is 0 Å². The predicted molar refractivity (Wildman–Crippen MR) is 71.6 cm³/mol. The molecule has 4 heteroatoms. The average molecular weight is 257 g/mol. The third-order valence-corrected chi connectivity index (χ3v) is 4.17. The fourth-order valence-corrected chi connectivity index (χ4v) is 2.73. The van der Waals surface area contributed by atoms with Crippen LogP contribution in [0.25, 0.3) is 0 Å². The Hall–Kier alpha value is -0.610. The van der Waals surface area contributed by atoms with Crippen molar-refractivity contribution in [3.8, 4) is 0 Å². The number of rotatable bonds is 5. The summed E-state index contributed by atoms with van der Waals surface area (Å²) in [5, 5.41) is 12.9. The van der Waals surface area contributed by atoms with E-state index in [9.17, 15) is 9.90 Å². The van der Waals surface area contributed by atoms with Crippen molar-refractivity contribution in [1.82, 2.24) is 5.32 Å². The van der Waals surface area contributed by atoms with Crippen LogP contribution in [0.4, 0.5) is 0 Å². The van der Waals surface area contributed by atoms with Gasteiger partial charge in [-0.3, -0.25) is 4.79 Å². The number of carboxylic acids is 1. The molecule has 0 aliphatic carbocycles. The smallest absolute Gasteiger partial charge is 0.310 e. The number of hydrogen-bond donors (Lipinski definition) is 2. The lowest BCUT2D eigenvalue weighted by Crippen LogP contribution is -2.51. The lowest BCUT2D eigenvalue weighted by Gasteiger charge is -2.43. The molecule has 18 heavy (non-hydrogen) atoms. The summed E-state index contributed by atoms with van der Waals surface area (Å²) >= 11 is 0. The standard InChI is InChI=1S/C14H27NO3/c1-13(2,3)11-8-14(12(16)17,10-15-9-11)6-5-7-18-4/h11,15H,5-10H2,1-4H3,(H,16,17)/t11-,14-/m1/s1. The number of methoxy groups -OCH3 is 1. The first kappa shape index (κ1) is 15.4. The molecule has 0 unspecified atom stereocenters. The topological polar surface area (TPSA) is 58.6 Å². The first-order valence-corrected chi connectivity index (χ1v) is 6.75. The van der Waals surface area contributed by atoms with Gasteiger partial charge < -0.3 is 15.2 Å². The molecule has 0 aromatic carbocycles. The van der Waals surface area contributed by atoms with E-state index in [2.05, 4.69) is 26.1 Å². The molecule has 0 bridgehead atoms. The Kier molecular flexibility index (Phi) is 5.17. The minimum Gasteiger partial charge on any atom is -0.481 e. The summed E-state index contributed by atoms with van der Waals surface area (Å²) < 4.78 is 5.04. The number of ether oxygens (including phenoxy) is 1. The predicted octanol–water partition coefficient (Wildman–Crippen LogP) is 2.14. The molecular weight excluding hydrogens is 230 g/mol. The van der Waals surface area contributed by atoms with Gasteiger partial charge in [-0.05, 0) is 37.1 Å². The third kappa shape index (κ3) is 3.69. The monoisotopic (exact) mass is 257 g/mol. The molecule has 0 aromatic heterocycles. The first-order chi connectivity index (χ1) is 8.32. The number of piperidine rings is 1. The normalized spacial score (nSPS) is 29.2. The molecule has 1 rings (SSSR count). The SMILES string of the molecule is COCCC[C@]1(C(=O)O)CNC[C@H](C(C)(C)C)C1. The Morgan fingerprint density at radius 3 is 2.67 bits per heavy atom. The van der Waals surface area contributed by atoms with Crippen LogP contribution in [0.1, 0.15) is 40.0 Å². The maximum atomic E-state index is 11.7. The van der Waals surface area contributed by atoms with Gasteiger partial charge in [-0.25, -0.2) is 0 Å². The van der Waals surface area contributed by atoms with Crippen LogP contribution >= 0.6 is 0 Å². The summed E-state index contributed by atoms with van der Waals surface area (Å²) in [6.07, 6.45) is 2.26. The van der Waals surface area contributed by atoms with Crippen molar-refractivity contribution in [3.63, 3.8) is 0 Å². The van der Waals surface area contributed by atoms with E-state index in [1.807, 2.05) is 0 Å². The fourth-order valence-electron chi connectivity index (χ4n) is 2.73. The molecule has 1 aliphatic heterocycles. The second-order valence-corrected chi connectivity index (χ2v) is 6.58. The molecule has 106 valence electrons. The molecular formula is C14H27NO3. The third-order valence-electron chi connectivity index (χ3n) is 4.17. The zero-order valence-corrected chi connectivity index (χ0v) is 12.1. The van der Waals surface area contributed by atoms with E-state index in [0.717, 1.165) is 19.4 Å². The highest BCUT2D eigenvalue weighted by Crippen LogP contribution is 2.41. The van der Waals surface area contributed by atoms with Crippen LogP contribution in [-0.4, -0.2) is 37.9 Å². The average Bonchev–Trinajstić information content (AvgIpc) is 2.28. The van der Waals surface area contributed by atoms with Gasteiger partial charge in [0.25, 0.3) is 0 Å². The van der Waals surface area contributed by atoms with E-state index in [4.69, 9.17) is 4.74 Å². The van der Waals surface area contributed by atoms with E-state index < -0.39 is 11.4 Å². The number of nitrogens with one attached hydrogen (secondary N) is 1. The van der Waals surface area contributed by atoms with Crippen molar-refractivity contribution in [2.75, 3.05) is 26.8 Å². The van der Waals surface area contributed by atoms with Crippen LogP contribution in [0, 0.1) is 16.7 Å². The Morgan fingerprint density at radius 2 is 2.17 bits per heavy atom. The molecule has 2 atom stereocenters. The van der Waals surface area contributed by atoms with Crippen molar-refractivity contribution in [3.05, 3.63) is 0 Å². The summed E-state index contributed by atoms with van der Waals surface area (Å²) in [5.41, 5.74) is -0.468. The molecule has 1 fully saturated rings. The largest absolute Gasteiger partial charge is 0.481 e. The summed E-state index contributed by atoms with van der Waals surface area (Å²) in [4.78, 5) is 11.7. The summed E-state index contributed by atoms with van der Waals surface area (Å²) in [5.74, 6) is -0.259. The van der Waals surface area contributed by atoms with Gasteiger partial charge in [0.05, 0.1) is 5.41 Å². The number of hydrogen-bond acceptors (Lipinski definition) is 3. The summed E-state index contributed by atoms with van der Waals surface area (Å²) in [6, 6.07) is 0. The van der Waals surface area contributed by atoms with Crippen molar-refractivity contribution in [2.24, 2.45) is 16.7 Å². The second-order valence-electron chi connectivity index (χ2n) is 6.58. The minimum absolute atomic E-state index is 0.148. The minimum atomic E-state index is -0.667. The summed E-state index contributed by atoms with van der Waals surface area (Å²) in [7, 11) is 1.66. The fraction of sp³-hybridized carbons (Fsp3) is 0.929. The zero-order valence-electron chi connectivity index (χ0n) is 12.1. The highest BCUT2D eigenvalue weighted by atomic mass is 16.5. The zero-order chi connectivity index (χ0) is 13.8. The highest BCUT2D eigenvalue weighted by Gasteiger charge is 2.45. The Labute approximate surface area is 110 Å². The van der Waals surface area contributed by atoms with E-state index in [1.54, 1.807) is 7.11 Å². The van der Waals surface area contributed by atoms with E-state index >= 15 is 0 Å². The van der Waals surface area contributed by atoms with Crippen molar-refractivity contribution >= 4 is 5.97 Å². The van der Waals surface area contributed by atoms with Gasteiger partial charge >= 0.3 is 5.97 Å². The lowest BCUT2D eigenvalue weighted by atomic mass is 9.66. The summed E-state index contributed by atoms with van der Waals surface area (Å²) in [6.45, 7) is 8.70. The van der Waals surface area contributed by atoms with E-state index in [0.29, 0.717) is 25.5 Å². The molecule has 0 spiro atoms. The van der Waals surface area contributed by atoms with Crippen molar-refractivity contribution < 1.29 is 14.6 Å². The van der Waals surface area contributed by atoms with Crippen LogP contribution in [-0.2, 0) is 9.53 Å². The maximum absolute atomic E-state index is 11.7. The van der Waals surface area contributed by atoms with Gasteiger partial charge in [0.15, 0.2) is 0 Å². The van der Waals surface area contributed by atoms with Crippen LogP contribution in [0.3, 0.4) is 0 Å². The lowest BCUT2D eigenvalue weighted by molar-refractivity contribution is -0.152. The van der Waals surface area contributed by atoms with Crippen LogP contribution in [0.2, 0.25) is 0 Å². The maximum Gasteiger partial charge on any atom is 0.310 e. The van der Waals surface area contributed by atoms with Gasteiger partial charge in [0.1, 0.15) is 0 Å². The van der Waals surface area contributed by atoms with Gasteiger partial charge in [-0.2, -0.15) is 0 Å². The molecule has 2 N–H and O–H groups in total. The van der Waals surface area contributed by atoms with Crippen LogP contribution in [0.5, 0.6) is 0 Å². The van der Waals surface area contributed by atoms with Crippen LogP contribution < -0.4 is 5.32 Å². The highest BCUT2D eigenvalue weighted by molar-refractivity contribution is 5.75. The Balaban J connectivity index is 2.74. The molecule has 1 heterocycles. The molecule has 0 radical (unpaired) electrons. The van der Waals surface area contributed by atoms with Gasteiger partial charge in [-0.1, -0.05) is 20.8 Å². The quantitative estimate of drug-likeness (QED) is 0.741. The Bertz CT molecular complexity index is 285. The van der Waals surface area contributed by atoms with E-state index in [-0.39, 0.29) is 5.41 Å². The molecule has 0 aromatic rings. The van der Waals surface area contributed by atoms with Gasteiger partial charge in [-0.15, -0.1) is 0 Å². The van der Waals surface area contributed by atoms with E-state index in [1.165, 1.54) is 0 Å². The molecule has 0 saturated carbocycles. The number of carbonyl (C=O) groups is 1. The van der Waals surface area contributed by atoms with Gasteiger partial charge in [0, 0.05) is 20.3 Å². The number of carboxylic acid groups (broad SMARTS) is 1. The second kappa shape index (κ2) is 6.02. The Morgan fingerprint density at radius 1 is 1.50 bits per heavy atom. The molecule has 1 aliphatic rings. The molecule has 1 saturated heterocycles. The van der Waals surface area contributed by atoms with Crippen LogP contribution in [0.15, 0.2) is 0 Å².